The summed E-state index contributed by atoms with van der Waals surface area (Å²) in [6, 6.07) is 13.4. The quantitative estimate of drug-likeness (QED) is 0.419. The molecule has 0 amide bonds. The minimum absolute atomic E-state index is 0.0620. The van der Waals surface area contributed by atoms with E-state index in [1.54, 1.807) is 28.4 Å². The summed E-state index contributed by atoms with van der Waals surface area (Å²) in [6.45, 7) is 3.85. The number of aromatic nitrogens is 4. The van der Waals surface area contributed by atoms with Crippen LogP contribution in [0, 0.1) is 13.8 Å². The zero-order chi connectivity index (χ0) is 17.4. The lowest BCUT2D eigenvalue weighted by Crippen LogP contribution is -2.15. The molecule has 4 aromatic rings. The van der Waals surface area contributed by atoms with Crippen molar-refractivity contribution in [2.75, 3.05) is 0 Å². The van der Waals surface area contributed by atoms with E-state index >= 15 is 0 Å². The topological polar surface area (TPSA) is 60.2 Å². The second-order valence-corrected chi connectivity index (χ2v) is 6.82. The molecule has 25 heavy (non-hydrogen) atoms. The number of para-hydroxylation sites is 1. The van der Waals surface area contributed by atoms with Crippen LogP contribution in [0.15, 0.2) is 58.5 Å². The summed E-state index contributed by atoms with van der Waals surface area (Å²) in [4.78, 5) is 26.0. The first-order chi connectivity index (χ1) is 12.1. The van der Waals surface area contributed by atoms with Crippen molar-refractivity contribution < 1.29 is 0 Å². The molecule has 0 atom stereocenters. The number of hydrogen-bond donors (Lipinski definition) is 0. The third-order valence-electron chi connectivity index (χ3n) is 3.98. The van der Waals surface area contributed by atoms with Crippen LogP contribution in [0.2, 0.25) is 0 Å². The third-order valence-corrected chi connectivity index (χ3v) is 5.00. The molecule has 6 heteroatoms. The molecule has 3 aromatic heterocycles. The van der Waals surface area contributed by atoms with E-state index in [1.165, 1.54) is 0 Å². The van der Waals surface area contributed by atoms with Crippen molar-refractivity contribution in [1.29, 1.82) is 0 Å². The predicted octanol–water partition coefficient (Wildman–Crippen LogP) is 3.55. The third kappa shape index (κ3) is 3.00. The van der Waals surface area contributed by atoms with Gasteiger partial charge in [0, 0.05) is 23.4 Å². The molecule has 0 saturated carbocycles. The van der Waals surface area contributed by atoms with Gasteiger partial charge in [-0.2, -0.15) is 0 Å². The molecule has 0 fully saturated rings. The van der Waals surface area contributed by atoms with Crippen LogP contribution < -0.4 is 5.56 Å². The molecule has 0 unspecified atom stereocenters. The summed E-state index contributed by atoms with van der Waals surface area (Å²) < 4.78 is 1.58. The summed E-state index contributed by atoms with van der Waals surface area (Å²) in [6.07, 6.45) is 1.75. The summed E-state index contributed by atoms with van der Waals surface area (Å²) in [5.41, 5.74) is 3.31. The Bertz CT molecular complexity index is 1150. The standard InChI is InChI=1S/C19H16N4OS/c1-12-6-5-9-23-17(24)10-14(22-18(12)23)11-25-19-15-7-3-4-8-16(15)20-13(2)21-19/h3-10H,11H2,1-2H3. The Labute approximate surface area is 148 Å². The first kappa shape index (κ1) is 15.8. The number of aryl methyl sites for hydroxylation is 2. The number of rotatable bonds is 3. The van der Waals surface area contributed by atoms with Crippen molar-refractivity contribution in [3.63, 3.8) is 0 Å². The number of fused-ring (bicyclic) bond motifs is 2. The van der Waals surface area contributed by atoms with E-state index in [9.17, 15) is 4.79 Å². The zero-order valence-corrected chi connectivity index (χ0v) is 14.7. The molecular weight excluding hydrogens is 332 g/mol. The van der Waals surface area contributed by atoms with Crippen molar-refractivity contribution >= 4 is 28.3 Å². The van der Waals surface area contributed by atoms with E-state index in [2.05, 4.69) is 15.0 Å². The Balaban J connectivity index is 1.72. The van der Waals surface area contributed by atoms with Gasteiger partial charge < -0.3 is 0 Å². The summed E-state index contributed by atoms with van der Waals surface area (Å²) >= 11 is 1.58. The molecule has 0 aliphatic rings. The second kappa shape index (κ2) is 6.29. The molecule has 5 nitrogen and oxygen atoms in total. The van der Waals surface area contributed by atoms with Crippen molar-refractivity contribution in [2.45, 2.75) is 24.6 Å². The van der Waals surface area contributed by atoms with Crippen molar-refractivity contribution in [2.24, 2.45) is 0 Å². The number of thioether (sulfide) groups is 1. The molecule has 0 radical (unpaired) electrons. The van der Waals surface area contributed by atoms with Crippen LogP contribution in [0.5, 0.6) is 0 Å². The fourth-order valence-electron chi connectivity index (χ4n) is 2.79. The maximum absolute atomic E-state index is 12.3. The van der Waals surface area contributed by atoms with Gasteiger partial charge >= 0.3 is 0 Å². The van der Waals surface area contributed by atoms with Crippen LogP contribution in [-0.4, -0.2) is 19.4 Å². The molecule has 0 saturated heterocycles. The lowest BCUT2D eigenvalue weighted by Gasteiger charge is -2.08. The number of hydrogen-bond acceptors (Lipinski definition) is 5. The van der Waals surface area contributed by atoms with E-state index in [1.807, 2.05) is 50.2 Å². The molecule has 0 bridgehead atoms. The van der Waals surface area contributed by atoms with E-state index in [4.69, 9.17) is 0 Å². The molecule has 124 valence electrons. The van der Waals surface area contributed by atoms with E-state index in [0.717, 1.165) is 33.0 Å². The van der Waals surface area contributed by atoms with Gasteiger partial charge in [-0.05, 0) is 31.5 Å². The zero-order valence-electron chi connectivity index (χ0n) is 13.9. The Morgan fingerprint density at radius 1 is 1.04 bits per heavy atom. The highest BCUT2D eigenvalue weighted by molar-refractivity contribution is 7.98. The Morgan fingerprint density at radius 2 is 1.88 bits per heavy atom. The molecule has 1 aromatic carbocycles. The van der Waals surface area contributed by atoms with Crippen molar-refractivity contribution in [3.8, 4) is 0 Å². The minimum atomic E-state index is -0.0620. The largest absolute Gasteiger partial charge is 0.269 e. The van der Waals surface area contributed by atoms with Gasteiger partial charge in [0.1, 0.15) is 16.5 Å². The second-order valence-electron chi connectivity index (χ2n) is 5.85. The maximum Gasteiger partial charge on any atom is 0.258 e. The molecule has 0 spiro atoms. The van der Waals surface area contributed by atoms with Crippen LogP contribution in [-0.2, 0) is 5.75 Å². The van der Waals surface area contributed by atoms with Crippen molar-refractivity contribution in [1.82, 2.24) is 19.4 Å². The highest BCUT2D eigenvalue weighted by atomic mass is 32.2. The van der Waals surface area contributed by atoms with Crippen LogP contribution in [0.1, 0.15) is 17.1 Å². The molecule has 3 heterocycles. The maximum atomic E-state index is 12.3. The lowest BCUT2D eigenvalue weighted by molar-refractivity contribution is 0.992. The smallest absolute Gasteiger partial charge is 0.258 e. The SMILES string of the molecule is Cc1nc(SCc2cc(=O)n3cccc(C)c3n2)c2ccccc2n1. The summed E-state index contributed by atoms with van der Waals surface area (Å²) in [5.74, 6) is 1.32. The van der Waals surface area contributed by atoms with E-state index in [0.29, 0.717) is 11.4 Å². The molecule has 0 N–H and O–H groups in total. The van der Waals surface area contributed by atoms with Crippen LogP contribution in [0.3, 0.4) is 0 Å². The van der Waals surface area contributed by atoms with Crippen LogP contribution in [0.4, 0.5) is 0 Å². The van der Waals surface area contributed by atoms with Gasteiger partial charge in [-0.3, -0.25) is 9.20 Å². The van der Waals surface area contributed by atoms with Crippen molar-refractivity contribution in [3.05, 3.63) is 76.1 Å². The number of nitrogens with zero attached hydrogens (tertiary/aromatic N) is 4. The molecule has 4 rings (SSSR count). The highest BCUT2D eigenvalue weighted by Crippen LogP contribution is 2.27. The summed E-state index contributed by atoms with van der Waals surface area (Å²) in [7, 11) is 0. The monoisotopic (exact) mass is 348 g/mol. The molecule has 0 aliphatic carbocycles. The average molecular weight is 348 g/mol. The number of benzene rings is 1. The highest BCUT2D eigenvalue weighted by Gasteiger charge is 2.09. The first-order valence-corrected chi connectivity index (χ1v) is 8.94. The van der Waals surface area contributed by atoms with E-state index in [-0.39, 0.29) is 5.56 Å². The van der Waals surface area contributed by atoms with Gasteiger partial charge in [-0.25, -0.2) is 15.0 Å². The normalized spacial score (nSPS) is 11.3. The van der Waals surface area contributed by atoms with Gasteiger partial charge in [-0.1, -0.05) is 36.0 Å². The minimum Gasteiger partial charge on any atom is -0.269 e. The van der Waals surface area contributed by atoms with Crippen LogP contribution >= 0.6 is 11.8 Å². The molecular formula is C19H16N4OS. The van der Waals surface area contributed by atoms with Gasteiger partial charge in [0.05, 0.1) is 11.2 Å². The Kier molecular flexibility index (Phi) is 3.97. The first-order valence-electron chi connectivity index (χ1n) is 7.96. The fourth-order valence-corrected chi connectivity index (χ4v) is 3.75. The fraction of sp³-hybridized carbons (Fsp3) is 0.158. The summed E-state index contributed by atoms with van der Waals surface area (Å²) in [5, 5.41) is 1.93. The van der Waals surface area contributed by atoms with Crippen LogP contribution in [0.25, 0.3) is 16.6 Å². The average Bonchev–Trinajstić information content (AvgIpc) is 2.60. The van der Waals surface area contributed by atoms with Gasteiger partial charge in [0.2, 0.25) is 0 Å². The van der Waals surface area contributed by atoms with Gasteiger partial charge in [-0.15, -0.1) is 0 Å². The molecule has 0 aliphatic heterocycles. The predicted molar refractivity (Wildman–Crippen MR) is 100 cm³/mol. The number of pyridine rings is 1. The van der Waals surface area contributed by atoms with Gasteiger partial charge in [0.25, 0.3) is 5.56 Å². The lowest BCUT2D eigenvalue weighted by atomic mass is 10.2. The Morgan fingerprint density at radius 3 is 2.76 bits per heavy atom. The van der Waals surface area contributed by atoms with E-state index < -0.39 is 0 Å². The van der Waals surface area contributed by atoms with Gasteiger partial charge in [0.15, 0.2) is 0 Å². The Hall–Kier alpha value is -2.73.